The molecule has 1 heterocycles. The Hall–Kier alpha value is -0.610. The van der Waals surface area contributed by atoms with Gasteiger partial charge in [0.15, 0.2) is 6.10 Å². The maximum atomic E-state index is 12.8. The summed E-state index contributed by atoms with van der Waals surface area (Å²) in [5.74, 6) is 1.48. The SMILES string of the molecule is O=C1OC2(CCCCC2)OOC1C12CC3CC(CC(C3)C1)C2. The van der Waals surface area contributed by atoms with Crippen LogP contribution in [-0.4, -0.2) is 17.9 Å². The Labute approximate surface area is 131 Å². The van der Waals surface area contributed by atoms with Crippen molar-refractivity contribution in [2.75, 3.05) is 0 Å². The van der Waals surface area contributed by atoms with Gasteiger partial charge in [-0.25, -0.2) is 9.68 Å². The first kappa shape index (κ1) is 13.8. The Morgan fingerprint density at radius 1 is 0.864 bits per heavy atom. The third-order valence-electron chi connectivity index (χ3n) is 7.05. The minimum absolute atomic E-state index is 0.00209. The molecule has 1 spiro atoms. The normalized spacial score (nSPS) is 49.4. The molecule has 0 aromatic rings. The van der Waals surface area contributed by atoms with Crippen molar-refractivity contribution in [1.29, 1.82) is 0 Å². The summed E-state index contributed by atoms with van der Waals surface area (Å²) in [4.78, 5) is 24.3. The minimum atomic E-state index is -0.770. The molecule has 0 aromatic carbocycles. The monoisotopic (exact) mass is 306 g/mol. The van der Waals surface area contributed by atoms with E-state index in [0.717, 1.165) is 62.7 Å². The van der Waals surface area contributed by atoms with Crippen LogP contribution in [0.2, 0.25) is 0 Å². The lowest BCUT2D eigenvalue weighted by Gasteiger charge is -2.59. The van der Waals surface area contributed by atoms with Gasteiger partial charge in [0.2, 0.25) is 5.79 Å². The number of hydrogen-bond donors (Lipinski definition) is 0. The summed E-state index contributed by atoms with van der Waals surface area (Å²) in [6.45, 7) is 0. The summed E-state index contributed by atoms with van der Waals surface area (Å²) in [6, 6.07) is 0. The van der Waals surface area contributed by atoms with E-state index in [1.165, 1.54) is 25.7 Å². The smallest absolute Gasteiger partial charge is 0.341 e. The van der Waals surface area contributed by atoms with Crippen molar-refractivity contribution in [3.05, 3.63) is 0 Å². The number of ether oxygens (including phenoxy) is 1. The van der Waals surface area contributed by atoms with Crippen molar-refractivity contribution in [3.8, 4) is 0 Å². The molecular weight excluding hydrogens is 280 g/mol. The second kappa shape index (κ2) is 4.70. The Morgan fingerprint density at radius 3 is 2.00 bits per heavy atom. The van der Waals surface area contributed by atoms with E-state index >= 15 is 0 Å². The maximum absolute atomic E-state index is 12.8. The first-order chi connectivity index (χ1) is 10.7. The zero-order valence-corrected chi connectivity index (χ0v) is 13.2. The van der Waals surface area contributed by atoms with E-state index in [4.69, 9.17) is 14.5 Å². The number of carbonyl (C=O) groups is 1. The van der Waals surface area contributed by atoms with Gasteiger partial charge in [-0.1, -0.05) is 6.42 Å². The van der Waals surface area contributed by atoms with Crippen LogP contribution in [0.1, 0.15) is 70.6 Å². The van der Waals surface area contributed by atoms with Gasteiger partial charge < -0.3 is 4.74 Å². The predicted molar refractivity (Wildman–Crippen MR) is 78.5 cm³/mol. The summed E-state index contributed by atoms with van der Waals surface area (Å²) in [7, 11) is 0. The summed E-state index contributed by atoms with van der Waals surface area (Å²) in [6.07, 6.45) is 11.9. The van der Waals surface area contributed by atoms with Crippen molar-refractivity contribution in [2.45, 2.75) is 82.5 Å². The lowest BCUT2D eigenvalue weighted by atomic mass is 9.48. The van der Waals surface area contributed by atoms with Crippen LogP contribution in [0, 0.1) is 23.2 Å². The molecule has 4 heteroatoms. The Morgan fingerprint density at radius 2 is 1.45 bits per heavy atom. The molecule has 0 N–H and O–H groups in total. The van der Waals surface area contributed by atoms with E-state index in [1.807, 2.05) is 0 Å². The molecule has 0 aromatic heterocycles. The van der Waals surface area contributed by atoms with Gasteiger partial charge in [0.05, 0.1) is 0 Å². The van der Waals surface area contributed by atoms with Crippen LogP contribution < -0.4 is 0 Å². The second-order valence-corrected chi connectivity index (χ2v) is 8.73. The summed E-state index contributed by atoms with van der Waals surface area (Å²) < 4.78 is 5.83. The largest absolute Gasteiger partial charge is 0.428 e. The minimum Gasteiger partial charge on any atom is -0.428 e. The highest BCUT2D eigenvalue weighted by molar-refractivity contribution is 5.76. The molecule has 22 heavy (non-hydrogen) atoms. The predicted octanol–water partition coefficient (Wildman–Crippen LogP) is 3.74. The van der Waals surface area contributed by atoms with Crippen molar-refractivity contribution in [2.24, 2.45) is 23.2 Å². The molecule has 1 aliphatic heterocycles. The van der Waals surface area contributed by atoms with Crippen LogP contribution in [-0.2, 0) is 19.3 Å². The molecule has 6 aliphatic rings. The highest BCUT2D eigenvalue weighted by Gasteiger charge is 2.60. The number of carbonyl (C=O) groups excluding carboxylic acids is 1. The Balaban J connectivity index is 1.37. The fourth-order valence-electron chi connectivity index (χ4n) is 6.56. The zero-order chi connectivity index (χ0) is 14.8. The van der Waals surface area contributed by atoms with Crippen LogP contribution in [0.4, 0.5) is 0 Å². The molecule has 1 atom stereocenters. The molecule has 1 unspecified atom stereocenters. The fourth-order valence-corrected chi connectivity index (χ4v) is 6.56. The van der Waals surface area contributed by atoms with E-state index < -0.39 is 11.9 Å². The van der Waals surface area contributed by atoms with Gasteiger partial charge in [-0.15, -0.1) is 0 Å². The maximum Gasteiger partial charge on any atom is 0.341 e. The van der Waals surface area contributed by atoms with Crippen molar-refractivity contribution < 1.29 is 19.3 Å². The molecule has 1 saturated heterocycles. The van der Waals surface area contributed by atoms with Crippen LogP contribution in [0.3, 0.4) is 0 Å². The number of rotatable bonds is 1. The summed E-state index contributed by atoms with van der Waals surface area (Å²) in [5, 5.41) is 0. The molecule has 4 bridgehead atoms. The van der Waals surface area contributed by atoms with E-state index in [1.54, 1.807) is 0 Å². The van der Waals surface area contributed by atoms with Crippen molar-refractivity contribution in [3.63, 3.8) is 0 Å². The molecule has 5 saturated carbocycles. The highest BCUT2D eigenvalue weighted by atomic mass is 17.2. The van der Waals surface area contributed by atoms with Gasteiger partial charge in [0, 0.05) is 18.3 Å². The van der Waals surface area contributed by atoms with Gasteiger partial charge in [-0.2, -0.15) is 4.89 Å². The van der Waals surface area contributed by atoms with E-state index in [0.29, 0.717) is 0 Å². The average Bonchev–Trinajstić information content (AvgIpc) is 2.46. The van der Waals surface area contributed by atoms with Crippen molar-refractivity contribution >= 4 is 5.97 Å². The molecule has 5 aliphatic carbocycles. The third-order valence-corrected chi connectivity index (χ3v) is 7.05. The van der Waals surface area contributed by atoms with Crippen LogP contribution >= 0.6 is 0 Å². The topological polar surface area (TPSA) is 44.8 Å². The molecule has 0 radical (unpaired) electrons. The van der Waals surface area contributed by atoms with Gasteiger partial charge in [-0.3, -0.25) is 0 Å². The van der Waals surface area contributed by atoms with Gasteiger partial charge in [0.1, 0.15) is 0 Å². The standard InChI is InChI=1S/C18H26O4/c19-16-15(21-22-18(20-16)4-2-1-3-5-18)17-9-12-6-13(10-17)8-14(7-12)11-17/h12-15H,1-11H2. The van der Waals surface area contributed by atoms with Gasteiger partial charge in [0.25, 0.3) is 0 Å². The highest BCUT2D eigenvalue weighted by Crippen LogP contribution is 2.62. The quantitative estimate of drug-likeness (QED) is 0.547. The molecule has 6 fully saturated rings. The Bertz CT molecular complexity index is 444. The molecular formula is C18H26O4. The molecule has 122 valence electrons. The van der Waals surface area contributed by atoms with E-state index in [-0.39, 0.29) is 11.4 Å². The van der Waals surface area contributed by atoms with Gasteiger partial charge in [-0.05, 0) is 69.1 Å². The summed E-state index contributed by atoms with van der Waals surface area (Å²) >= 11 is 0. The second-order valence-electron chi connectivity index (χ2n) is 8.73. The number of hydrogen-bond acceptors (Lipinski definition) is 4. The molecule has 6 rings (SSSR count). The number of esters is 1. The van der Waals surface area contributed by atoms with E-state index in [2.05, 4.69) is 0 Å². The van der Waals surface area contributed by atoms with Crippen LogP contribution in [0.25, 0.3) is 0 Å². The summed E-state index contributed by atoms with van der Waals surface area (Å²) in [5.41, 5.74) is 0.00209. The van der Waals surface area contributed by atoms with Gasteiger partial charge >= 0.3 is 5.97 Å². The average molecular weight is 306 g/mol. The first-order valence-electron chi connectivity index (χ1n) is 9.24. The van der Waals surface area contributed by atoms with Crippen LogP contribution in [0.5, 0.6) is 0 Å². The molecule has 4 nitrogen and oxygen atoms in total. The zero-order valence-electron chi connectivity index (χ0n) is 13.2. The molecule has 0 amide bonds. The lowest BCUT2D eigenvalue weighted by molar-refractivity contribution is -0.477. The van der Waals surface area contributed by atoms with E-state index in [9.17, 15) is 4.79 Å². The first-order valence-corrected chi connectivity index (χ1v) is 9.24. The third kappa shape index (κ3) is 1.99. The fraction of sp³-hybridized carbons (Fsp3) is 0.944. The van der Waals surface area contributed by atoms with Crippen LogP contribution in [0.15, 0.2) is 0 Å². The van der Waals surface area contributed by atoms with Crippen molar-refractivity contribution in [1.82, 2.24) is 0 Å². The lowest BCUT2D eigenvalue weighted by Crippen LogP contribution is -2.59. The Kier molecular flexibility index (Phi) is 2.95.